The van der Waals surface area contributed by atoms with Crippen molar-refractivity contribution in [2.75, 3.05) is 0 Å². The van der Waals surface area contributed by atoms with Gasteiger partial charge in [-0.2, -0.15) is 8.78 Å². The molecule has 2 amide bonds. The fourth-order valence-electron chi connectivity index (χ4n) is 3.75. The van der Waals surface area contributed by atoms with Crippen molar-refractivity contribution < 1.29 is 36.3 Å². The number of rotatable bonds is 4. The van der Waals surface area contributed by atoms with Gasteiger partial charge in [-0.1, -0.05) is 0 Å². The van der Waals surface area contributed by atoms with Crippen LogP contribution in [0.3, 0.4) is 0 Å². The number of aromatic nitrogens is 3. The van der Waals surface area contributed by atoms with Crippen LogP contribution in [0.2, 0.25) is 0 Å². The van der Waals surface area contributed by atoms with Crippen LogP contribution in [-0.2, 0) is 11.3 Å². The van der Waals surface area contributed by atoms with E-state index in [1.165, 1.54) is 12.3 Å². The molecule has 2 aromatic heterocycles. The number of hydrogen-bond donors (Lipinski definition) is 1. The number of nitrogens with zero attached hydrogens (tertiary/aromatic N) is 4. The first-order valence-corrected chi connectivity index (χ1v) is 8.93. The van der Waals surface area contributed by atoms with Crippen molar-refractivity contribution in [1.82, 2.24) is 20.1 Å². The average molecular weight is 429 g/mol. The Morgan fingerprint density at radius 3 is 2.80 bits per heavy atom. The zero-order valence-electron chi connectivity index (χ0n) is 15.2. The van der Waals surface area contributed by atoms with E-state index in [1.807, 2.05) is 0 Å². The van der Waals surface area contributed by atoms with Crippen molar-refractivity contribution in [1.29, 1.82) is 0 Å². The summed E-state index contributed by atoms with van der Waals surface area (Å²) in [6.45, 7) is -0.0834. The third-order valence-electron chi connectivity index (χ3n) is 5.08. The van der Waals surface area contributed by atoms with Gasteiger partial charge in [0.25, 0.3) is 17.7 Å². The van der Waals surface area contributed by atoms with Gasteiger partial charge in [0.2, 0.25) is 5.89 Å². The molecule has 1 aliphatic heterocycles. The van der Waals surface area contributed by atoms with Crippen molar-refractivity contribution >= 4 is 12.0 Å². The highest BCUT2D eigenvalue weighted by molar-refractivity contribution is 5.99. The number of ether oxygens (including phenoxy) is 1. The lowest BCUT2D eigenvalue weighted by atomic mass is 9.88. The second kappa shape index (κ2) is 7.22. The topological polar surface area (TPSA) is 124 Å². The number of hydrogen-bond acceptors (Lipinski definition) is 7. The van der Waals surface area contributed by atoms with Crippen LogP contribution >= 0.6 is 0 Å². The molecule has 3 heterocycles. The number of carbonyl (C=O) groups excluding carboxylic acids is 2. The third-order valence-corrected chi connectivity index (χ3v) is 5.08. The van der Waals surface area contributed by atoms with Gasteiger partial charge >= 0.3 is 12.5 Å². The number of amides is 2. The maximum Gasteiger partial charge on any atom is 0.405 e. The molecule has 0 saturated heterocycles. The normalized spacial score (nSPS) is 23.0. The largest absolute Gasteiger partial charge is 0.438 e. The predicted octanol–water partition coefficient (Wildman–Crippen LogP) is 2.68. The second-order valence-electron chi connectivity index (χ2n) is 6.98. The van der Waals surface area contributed by atoms with E-state index in [9.17, 15) is 27.2 Å². The van der Waals surface area contributed by atoms with Crippen molar-refractivity contribution in [2.45, 2.75) is 50.3 Å². The molecule has 1 aliphatic carbocycles. The summed E-state index contributed by atoms with van der Waals surface area (Å²) in [5.74, 6) is -5.10. The maximum atomic E-state index is 14.4. The predicted molar refractivity (Wildman–Crippen MR) is 89.4 cm³/mol. The van der Waals surface area contributed by atoms with Crippen LogP contribution in [0.25, 0.3) is 11.5 Å². The number of fused-ring (bicyclic) bond motifs is 1. The van der Waals surface area contributed by atoms with Gasteiger partial charge in [-0.05, 0) is 18.9 Å². The molecule has 9 nitrogen and oxygen atoms in total. The minimum atomic E-state index is -3.35. The van der Waals surface area contributed by atoms with Crippen molar-refractivity contribution in [2.24, 2.45) is 5.73 Å². The first-order valence-electron chi connectivity index (χ1n) is 8.93. The lowest BCUT2D eigenvalue weighted by Gasteiger charge is -2.40. The molecule has 2 atom stereocenters. The molecule has 0 aromatic carbocycles. The quantitative estimate of drug-likeness (QED) is 0.741. The highest BCUT2D eigenvalue weighted by Crippen LogP contribution is 2.40. The Labute approximate surface area is 166 Å². The average Bonchev–Trinajstić information content (AvgIpc) is 3.28. The van der Waals surface area contributed by atoms with Gasteiger partial charge in [0.15, 0.2) is 6.10 Å². The SMILES string of the molecule is NC(=O)O[C@H]1[C@H](N2Cc3ncc(-c4nnc(C(F)F)o4)cc3C2=O)CCCC1(F)F. The van der Waals surface area contributed by atoms with Gasteiger partial charge in [-0.15, -0.1) is 10.2 Å². The number of pyridine rings is 1. The Balaban J connectivity index is 1.62. The second-order valence-corrected chi connectivity index (χ2v) is 6.98. The fourth-order valence-corrected chi connectivity index (χ4v) is 3.75. The first-order chi connectivity index (χ1) is 14.2. The van der Waals surface area contributed by atoms with E-state index in [1.54, 1.807) is 0 Å². The third kappa shape index (κ3) is 3.44. The van der Waals surface area contributed by atoms with Crippen LogP contribution in [-0.4, -0.2) is 50.2 Å². The summed E-state index contributed by atoms with van der Waals surface area (Å²) in [5.41, 5.74) is 5.45. The van der Waals surface area contributed by atoms with Crippen LogP contribution in [0, 0.1) is 0 Å². The van der Waals surface area contributed by atoms with Gasteiger partial charge in [-0.3, -0.25) is 9.78 Å². The van der Waals surface area contributed by atoms with E-state index in [0.717, 1.165) is 4.90 Å². The summed E-state index contributed by atoms with van der Waals surface area (Å²) in [5, 5.41) is 6.71. The van der Waals surface area contributed by atoms with E-state index < -0.39 is 48.8 Å². The Hall–Kier alpha value is -3.25. The molecule has 0 spiro atoms. The number of nitrogens with two attached hydrogens (primary N) is 1. The van der Waals surface area contributed by atoms with Crippen molar-refractivity contribution in [3.05, 3.63) is 29.4 Å². The molecule has 1 saturated carbocycles. The minimum absolute atomic E-state index is 0.0796. The molecule has 0 radical (unpaired) electrons. The van der Waals surface area contributed by atoms with Gasteiger partial charge in [0.1, 0.15) is 0 Å². The van der Waals surface area contributed by atoms with Crippen LogP contribution < -0.4 is 5.73 Å². The molecule has 2 N–H and O–H groups in total. The number of carbonyl (C=O) groups is 2. The molecule has 2 aromatic rings. The Bertz CT molecular complexity index is 998. The lowest BCUT2D eigenvalue weighted by Crippen LogP contribution is -2.56. The van der Waals surface area contributed by atoms with Crippen molar-refractivity contribution in [3.8, 4) is 11.5 Å². The summed E-state index contributed by atoms with van der Waals surface area (Å²) < 4.78 is 63.5. The molecular formula is C17H15F4N5O4. The summed E-state index contributed by atoms with van der Waals surface area (Å²) in [7, 11) is 0. The maximum absolute atomic E-state index is 14.4. The zero-order valence-corrected chi connectivity index (χ0v) is 15.2. The molecule has 0 bridgehead atoms. The molecule has 4 rings (SSSR count). The van der Waals surface area contributed by atoms with E-state index in [4.69, 9.17) is 10.2 Å². The van der Waals surface area contributed by atoms with E-state index in [-0.39, 0.29) is 36.4 Å². The lowest BCUT2D eigenvalue weighted by molar-refractivity contribution is -0.157. The summed E-state index contributed by atoms with van der Waals surface area (Å²) >= 11 is 0. The first kappa shape index (κ1) is 20.0. The monoisotopic (exact) mass is 429 g/mol. The van der Waals surface area contributed by atoms with Crippen LogP contribution in [0.1, 0.15) is 47.6 Å². The van der Waals surface area contributed by atoms with Gasteiger partial charge in [0.05, 0.1) is 29.4 Å². The summed E-state index contributed by atoms with van der Waals surface area (Å²) in [4.78, 5) is 29.3. The minimum Gasteiger partial charge on any atom is -0.438 e. The molecule has 13 heteroatoms. The number of alkyl halides is 4. The molecular weight excluding hydrogens is 414 g/mol. The standard InChI is InChI=1S/C17H15F4N5O4/c18-12(19)14-25-24-13(30-14)7-4-8-9(23-5-7)6-26(15(8)27)10-2-1-3-17(20,21)11(10)29-16(22)28/h4-5,10-12H,1-3,6H2,(H2,22,28)/t10-,11+/m1/s1. The van der Waals surface area contributed by atoms with Crippen LogP contribution in [0.4, 0.5) is 22.4 Å². The zero-order chi connectivity index (χ0) is 21.6. The Morgan fingerprint density at radius 1 is 1.37 bits per heavy atom. The molecule has 1 fully saturated rings. The van der Waals surface area contributed by atoms with Gasteiger partial charge in [0, 0.05) is 12.6 Å². The van der Waals surface area contributed by atoms with E-state index >= 15 is 0 Å². The smallest absolute Gasteiger partial charge is 0.405 e. The number of primary amides is 1. The highest BCUT2D eigenvalue weighted by Gasteiger charge is 2.53. The number of halogens is 4. The summed E-state index contributed by atoms with van der Waals surface area (Å²) in [6, 6.07) is 0.221. The van der Waals surface area contributed by atoms with Gasteiger partial charge in [-0.25, -0.2) is 13.6 Å². The molecule has 160 valence electrons. The molecule has 2 aliphatic rings. The fraction of sp³-hybridized carbons (Fsp3) is 0.471. The highest BCUT2D eigenvalue weighted by atomic mass is 19.3. The summed E-state index contributed by atoms with van der Waals surface area (Å²) in [6.07, 6.45) is -5.14. The molecule has 30 heavy (non-hydrogen) atoms. The van der Waals surface area contributed by atoms with Crippen molar-refractivity contribution in [3.63, 3.8) is 0 Å². The van der Waals surface area contributed by atoms with E-state index in [0.29, 0.717) is 5.69 Å². The van der Waals surface area contributed by atoms with E-state index in [2.05, 4.69) is 19.9 Å². The van der Waals surface area contributed by atoms with Gasteiger partial charge < -0.3 is 19.8 Å². The Kier molecular flexibility index (Phi) is 4.82. The van der Waals surface area contributed by atoms with Crippen LogP contribution in [0.15, 0.2) is 16.7 Å². The molecule has 0 unspecified atom stereocenters. The Morgan fingerprint density at radius 2 is 2.13 bits per heavy atom. The van der Waals surface area contributed by atoms with Crippen LogP contribution in [0.5, 0.6) is 0 Å².